The maximum atomic E-state index is 14.5. The molecule has 0 aliphatic carbocycles. The topological polar surface area (TPSA) is 77.3 Å². The van der Waals surface area contributed by atoms with Crippen LogP contribution in [0.1, 0.15) is 16.7 Å². The fraction of sp³-hybridized carbons (Fsp3) is 0.292. The van der Waals surface area contributed by atoms with Crippen molar-refractivity contribution in [2.75, 3.05) is 32.2 Å². The molecule has 3 aromatic rings. The van der Waals surface area contributed by atoms with E-state index < -0.39 is 19.8 Å². The Morgan fingerprint density at radius 2 is 1.90 bits per heavy atom. The second-order valence-corrected chi connectivity index (χ2v) is 14.3. The van der Waals surface area contributed by atoms with Crippen LogP contribution in [0.4, 0.5) is 10.1 Å². The van der Waals surface area contributed by atoms with Crippen molar-refractivity contribution in [3.63, 3.8) is 0 Å². The van der Waals surface area contributed by atoms with Gasteiger partial charge in [-0.25, -0.2) is 0 Å². The molecule has 7 heteroatoms. The van der Waals surface area contributed by atoms with Gasteiger partial charge in [-0.05, 0) is 0 Å². The molecule has 31 heavy (non-hydrogen) atoms. The number of aromatic nitrogens is 1. The molecule has 1 fully saturated rings. The predicted octanol–water partition coefficient (Wildman–Crippen LogP) is 4.54. The molecule has 5 nitrogen and oxygen atoms in total. The van der Waals surface area contributed by atoms with E-state index in [1.165, 1.54) is 25.4 Å². The van der Waals surface area contributed by atoms with Crippen LogP contribution in [0.2, 0.25) is 0 Å². The minimum atomic E-state index is -0.985. The number of H-pyrrole nitrogens is 1. The number of pyridine rings is 1. The van der Waals surface area contributed by atoms with Crippen LogP contribution in [-0.2, 0) is 17.6 Å². The van der Waals surface area contributed by atoms with Crippen molar-refractivity contribution in [2.24, 2.45) is 0 Å². The number of fused-ring (bicyclic) bond motifs is 2. The molecule has 0 unspecified atom stereocenters. The third-order valence-corrected chi connectivity index (χ3v) is 11.6. The number of nitrogens with two attached hydrogens (primary N) is 1. The van der Waals surface area contributed by atoms with E-state index in [2.05, 4.69) is 4.98 Å². The Morgan fingerprint density at radius 1 is 1.06 bits per heavy atom. The summed E-state index contributed by atoms with van der Waals surface area (Å²) >= 11 is -0.985. The van der Waals surface area contributed by atoms with Crippen molar-refractivity contribution >= 4 is 25.5 Å². The molecule has 3 heterocycles. The quantitative estimate of drug-likeness (QED) is 0.229. The van der Waals surface area contributed by atoms with Crippen LogP contribution >= 0.6 is 19.8 Å². The zero-order chi connectivity index (χ0) is 21.4. The van der Waals surface area contributed by atoms with E-state index in [0.717, 1.165) is 36.3 Å². The Bertz CT molecular complexity index is 1190. The first-order chi connectivity index (χ1) is 15.0. The van der Waals surface area contributed by atoms with E-state index in [1.54, 1.807) is 12.1 Å². The van der Waals surface area contributed by atoms with Gasteiger partial charge in [-0.3, -0.25) is 0 Å². The van der Waals surface area contributed by atoms with Crippen molar-refractivity contribution in [1.82, 2.24) is 4.98 Å². The molecule has 1 saturated heterocycles. The number of rotatable bonds is 4. The van der Waals surface area contributed by atoms with Gasteiger partial charge in [-0.15, -0.1) is 0 Å². The molecule has 0 radical (unpaired) electrons. The predicted molar refractivity (Wildman–Crippen MR) is 129 cm³/mol. The van der Waals surface area contributed by atoms with E-state index in [1.807, 2.05) is 18.2 Å². The molecule has 162 valence electrons. The van der Waals surface area contributed by atoms with Crippen LogP contribution in [0.5, 0.6) is 11.5 Å². The summed E-state index contributed by atoms with van der Waals surface area (Å²) in [5.41, 5.74) is 10.2. The van der Waals surface area contributed by atoms with Gasteiger partial charge in [-0.2, -0.15) is 0 Å². The SMILES string of the molecule is Nc1ccc2c(c1)Cc1cc(F)cc(-c3cc(CCI4CCOCC4)cc(=O)[nH]3)c1O2. The fourth-order valence-electron chi connectivity index (χ4n) is 4.10. The summed E-state index contributed by atoms with van der Waals surface area (Å²) in [6.45, 7) is 1.76. The first-order valence-corrected chi connectivity index (χ1v) is 14.9. The first kappa shape index (κ1) is 20.5. The molecule has 0 saturated carbocycles. The number of aryl methyl sites for hydroxylation is 1. The van der Waals surface area contributed by atoms with Crippen molar-refractivity contribution in [2.45, 2.75) is 12.8 Å². The van der Waals surface area contributed by atoms with Gasteiger partial charge in [0, 0.05) is 0 Å². The molecule has 1 aromatic heterocycles. The minimum absolute atomic E-state index is 0.176. The van der Waals surface area contributed by atoms with Crippen LogP contribution in [0.3, 0.4) is 0 Å². The Balaban J connectivity index is 1.48. The number of ether oxygens (including phenoxy) is 2. The molecule has 2 aromatic carbocycles. The van der Waals surface area contributed by atoms with Gasteiger partial charge in [0.25, 0.3) is 0 Å². The van der Waals surface area contributed by atoms with E-state index in [0.29, 0.717) is 34.9 Å². The number of aromatic amines is 1. The number of benzene rings is 2. The Labute approximate surface area is 187 Å². The number of nitrogen functional groups attached to an aromatic ring is 1. The van der Waals surface area contributed by atoms with Crippen molar-refractivity contribution < 1.29 is 13.9 Å². The van der Waals surface area contributed by atoms with Gasteiger partial charge in [0.15, 0.2) is 0 Å². The van der Waals surface area contributed by atoms with Gasteiger partial charge in [0.2, 0.25) is 0 Å². The molecule has 0 spiro atoms. The normalized spacial score (nSPS) is 16.4. The zero-order valence-corrected chi connectivity index (χ0v) is 19.2. The molecule has 0 atom stereocenters. The van der Waals surface area contributed by atoms with Crippen molar-refractivity contribution in [3.8, 4) is 22.8 Å². The molecular weight excluding hydrogens is 510 g/mol. The van der Waals surface area contributed by atoms with Crippen LogP contribution in [0, 0.1) is 5.82 Å². The summed E-state index contributed by atoms with van der Waals surface area (Å²) in [5, 5.41) is 0. The molecular formula is C24H24FIN2O3. The Kier molecular flexibility index (Phi) is 5.71. The van der Waals surface area contributed by atoms with E-state index in [4.69, 9.17) is 15.2 Å². The van der Waals surface area contributed by atoms with Crippen LogP contribution in [-0.4, -0.2) is 31.5 Å². The summed E-state index contributed by atoms with van der Waals surface area (Å²) in [7, 11) is 0. The van der Waals surface area contributed by atoms with Crippen LogP contribution < -0.4 is 16.0 Å². The first-order valence-electron chi connectivity index (χ1n) is 10.3. The van der Waals surface area contributed by atoms with E-state index >= 15 is 0 Å². The van der Waals surface area contributed by atoms with Gasteiger partial charge in [0.1, 0.15) is 0 Å². The molecule has 2 aliphatic heterocycles. The number of anilines is 1. The summed E-state index contributed by atoms with van der Waals surface area (Å²) in [4.78, 5) is 15.3. The number of alkyl halides is 3. The zero-order valence-electron chi connectivity index (χ0n) is 17.0. The Morgan fingerprint density at radius 3 is 2.74 bits per heavy atom. The molecule has 2 aliphatic rings. The maximum absolute atomic E-state index is 14.5. The molecule has 3 N–H and O–H groups in total. The monoisotopic (exact) mass is 534 g/mol. The van der Waals surface area contributed by atoms with E-state index in [9.17, 15) is 9.18 Å². The number of hydrogen-bond donors (Lipinski definition) is 2. The van der Waals surface area contributed by atoms with Gasteiger partial charge in [0.05, 0.1) is 0 Å². The number of nitrogens with one attached hydrogen (secondary N) is 1. The van der Waals surface area contributed by atoms with Crippen molar-refractivity contribution in [1.29, 1.82) is 0 Å². The fourth-order valence-corrected chi connectivity index (χ4v) is 8.97. The summed E-state index contributed by atoms with van der Waals surface area (Å²) < 4.78 is 29.7. The average molecular weight is 534 g/mol. The summed E-state index contributed by atoms with van der Waals surface area (Å²) in [6, 6.07) is 12.0. The second-order valence-electron chi connectivity index (χ2n) is 7.85. The van der Waals surface area contributed by atoms with Gasteiger partial charge >= 0.3 is 182 Å². The van der Waals surface area contributed by atoms with Crippen LogP contribution in [0.25, 0.3) is 11.3 Å². The third-order valence-electron chi connectivity index (χ3n) is 5.63. The van der Waals surface area contributed by atoms with E-state index in [-0.39, 0.29) is 11.4 Å². The van der Waals surface area contributed by atoms with Crippen LogP contribution in [0.15, 0.2) is 47.3 Å². The standard InChI is InChI=1S/C24H24FIN2O3/c25-18-12-17-11-16-13-19(27)1-2-22(16)31-24(17)20(14-18)21-9-15(10-23(29)28-21)3-4-26-5-7-30-8-6-26/h1-2,9-10,12-14H,3-8,11,27H2,(H,28,29). The second kappa shape index (κ2) is 8.63. The molecule has 0 bridgehead atoms. The van der Waals surface area contributed by atoms with Gasteiger partial charge in [-0.1, -0.05) is 0 Å². The Hall–Kier alpha value is -2.39. The average Bonchev–Trinajstić information content (AvgIpc) is 2.76. The van der Waals surface area contributed by atoms with Crippen molar-refractivity contribution in [3.05, 3.63) is 75.3 Å². The van der Waals surface area contributed by atoms with Gasteiger partial charge < -0.3 is 5.73 Å². The summed E-state index contributed by atoms with van der Waals surface area (Å²) in [5.74, 6) is 0.942. The number of hydrogen-bond acceptors (Lipinski definition) is 4. The third kappa shape index (κ3) is 4.48. The molecule has 0 amide bonds. The molecule has 5 rings (SSSR count). The number of halogens is 2. The summed E-state index contributed by atoms with van der Waals surface area (Å²) in [6.07, 6.45) is 1.41.